The van der Waals surface area contributed by atoms with E-state index < -0.39 is 0 Å². The Morgan fingerprint density at radius 1 is 1.47 bits per heavy atom. The van der Waals surface area contributed by atoms with Gasteiger partial charge >= 0.3 is 0 Å². The van der Waals surface area contributed by atoms with Crippen molar-refractivity contribution in [2.45, 2.75) is 11.7 Å². The molecule has 4 nitrogen and oxygen atoms in total. The fraction of sp³-hybridized carbons (Fsp3) is 0.200. The third-order valence-electron chi connectivity index (χ3n) is 1.97. The van der Waals surface area contributed by atoms with Gasteiger partial charge in [0, 0.05) is 20.8 Å². The van der Waals surface area contributed by atoms with Crippen molar-refractivity contribution in [1.29, 1.82) is 0 Å². The lowest BCUT2D eigenvalue weighted by molar-refractivity contribution is 0.967. The van der Waals surface area contributed by atoms with Crippen molar-refractivity contribution < 1.29 is 0 Å². The summed E-state index contributed by atoms with van der Waals surface area (Å²) in [5.41, 5.74) is 5.70. The molecule has 0 aliphatic carbocycles. The average molecular weight is 331 g/mol. The number of nitrogens with two attached hydrogens (primary N) is 1. The van der Waals surface area contributed by atoms with Crippen LogP contribution < -0.4 is 11.1 Å². The Balaban J connectivity index is 2.05. The molecule has 0 atom stereocenters. The molecule has 0 saturated heterocycles. The minimum atomic E-state index is 0.485. The number of thioether (sulfide) groups is 1. The second-order valence-corrected chi connectivity index (χ2v) is 5.93. The number of thiophene rings is 1. The van der Waals surface area contributed by atoms with Crippen LogP contribution in [0.5, 0.6) is 0 Å². The second kappa shape index (κ2) is 5.70. The Hall–Kier alpha value is -0.790. The van der Waals surface area contributed by atoms with Gasteiger partial charge < -0.3 is 11.1 Å². The molecule has 0 bridgehead atoms. The van der Waals surface area contributed by atoms with E-state index in [0.717, 1.165) is 16.8 Å². The molecule has 0 aliphatic heterocycles. The number of nitrogens with zero attached hydrogens (tertiary/aromatic N) is 2. The third-order valence-corrected chi connectivity index (χ3v) is 4.22. The largest absolute Gasteiger partial charge is 0.383 e. The summed E-state index contributed by atoms with van der Waals surface area (Å²) >= 11 is 6.60. The van der Waals surface area contributed by atoms with Crippen LogP contribution in [0.15, 0.2) is 27.1 Å². The highest BCUT2D eigenvalue weighted by molar-refractivity contribution is 9.10. The molecule has 0 saturated carbocycles. The number of halogens is 1. The molecule has 7 heteroatoms. The summed E-state index contributed by atoms with van der Waals surface area (Å²) in [6.45, 7) is 0.737. The van der Waals surface area contributed by atoms with Crippen molar-refractivity contribution in [1.82, 2.24) is 9.97 Å². The summed E-state index contributed by atoms with van der Waals surface area (Å²) in [4.78, 5) is 9.66. The summed E-state index contributed by atoms with van der Waals surface area (Å²) < 4.78 is 1.10. The number of hydrogen-bond donors (Lipinski definition) is 2. The van der Waals surface area contributed by atoms with Crippen molar-refractivity contribution in [2.24, 2.45) is 0 Å². The van der Waals surface area contributed by atoms with Gasteiger partial charge in [-0.1, -0.05) is 11.8 Å². The van der Waals surface area contributed by atoms with Gasteiger partial charge in [0.25, 0.3) is 0 Å². The van der Waals surface area contributed by atoms with Crippen LogP contribution in [0.3, 0.4) is 0 Å². The number of hydrogen-bond acceptors (Lipinski definition) is 6. The molecule has 0 amide bonds. The van der Waals surface area contributed by atoms with Crippen molar-refractivity contribution in [3.8, 4) is 0 Å². The first-order valence-electron chi connectivity index (χ1n) is 4.82. The topological polar surface area (TPSA) is 63.8 Å². The van der Waals surface area contributed by atoms with Crippen molar-refractivity contribution in [2.75, 3.05) is 17.3 Å². The maximum Gasteiger partial charge on any atom is 0.191 e. The smallest absolute Gasteiger partial charge is 0.191 e. The summed E-state index contributed by atoms with van der Waals surface area (Å²) in [6.07, 6.45) is 1.93. The van der Waals surface area contributed by atoms with E-state index in [9.17, 15) is 0 Å². The summed E-state index contributed by atoms with van der Waals surface area (Å²) in [7, 11) is 0. The van der Waals surface area contributed by atoms with E-state index in [1.807, 2.05) is 6.26 Å². The summed E-state index contributed by atoms with van der Waals surface area (Å²) in [5.74, 6) is 1.24. The Bertz CT molecular complexity index is 515. The van der Waals surface area contributed by atoms with Gasteiger partial charge in [0.2, 0.25) is 0 Å². The molecular formula is C10H11BrN4S2. The summed E-state index contributed by atoms with van der Waals surface area (Å²) in [5, 5.41) is 5.97. The van der Waals surface area contributed by atoms with Crippen molar-refractivity contribution in [3.05, 3.63) is 26.9 Å². The van der Waals surface area contributed by atoms with Gasteiger partial charge in [0.1, 0.15) is 11.6 Å². The van der Waals surface area contributed by atoms with E-state index in [-0.39, 0.29) is 0 Å². The van der Waals surface area contributed by atoms with Gasteiger partial charge in [-0.15, -0.1) is 11.3 Å². The lowest BCUT2D eigenvalue weighted by Crippen LogP contribution is -2.03. The molecule has 3 N–H and O–H groups in total. The number of rotatable bonds is 4. The van der Waals surface area contributed by atoms with Crippen LogP contribution in [0.1, 0.15) is 4.88 Å². The first kappa shape index (κ1) is 12.7. The van der Waals surface area contributed by atoms with Crippen LogP contribution in [0.4, 0.5) is 11.6 Å². The number of nitrogens with one attached hydrogen (secondary N) is 1. The van der Waals surface area contributed by atoms with Crippen LogP contribution in [0.2, 0.25) is 0 Å². The molecule has 17 heavy (non-hydrogen) atoms. The van der Waals surface area contributed by atoms with Crippen LogP contribution in [-0.4, -0.2) is 16.2 Å². The van der Waals surface area contributed by atoms with E-state index in [1.165, 1.54) is 16.6 Å². The lowest BCUT2D eigenvalue weighted by Gasteiger charge is -2.06. The first-order chi connectivity index (χ1) is 8.17. The molecule has 0 unspecified atom stereocenters. The molecule has 0 fully saturated rings. The highest BCUT2D eigenvalue weighted by atomic mass is 79.9. The van der Waals surface area contributed by atoms with Crippen molar-refractivity contribution in [3.63, 3.8) is 0 Å². The molecule has 2 heterocycles. The predicted octanol–water partition coefficient (Wildman–Crippen LogP) is 3.22. The average Bonchev–Trinajstić information content (AvgIpc) is 2.72. The minimum Gasteiger partial charge on any atom is -0.383 e. The minimum absolute atomic E-state index is 0.485. The van der Waals surface area contributed by atoms with E-state index in [4.69, 9.17) is 5.73 Å². The molecule has 2 rings (SSSR count). The standard InChI is InChI=1S/C10H11BrN4S2/c1-16-10-14-8(12)3-9(15-10)13-4-7-2-6(11)5-17-7/h2-3,5H,4H2,1H3,(H3,12,13,14,15). The van der Waals surface area contributed by atoms with E-state index in [2.05, 4.69) is 42.7 Å². The van der Waals surface area contributed by atoms with E-state index in [0.29, 0.717) is 11.0 Å². The molecule has 0 spiro atoms. The van der Waals surface area contributed by atoms with Gasteiger partial charge in [0.15, 0.2) is 5.16 Å². The molecule has 0 radical (unpaired) electrons. The van der Waals surface area contributed by atoms with Gasteiger partial charge in [-0.05, 0) is 28.3 Å². The van der Waals surface area contributed by atoms with Gasteiger partial charge in [-0.2, -0.15) is 0 Å². The molecule has 2 aromatic rings. The predicted molar refractivity (Wildman–Crippen MR) is 77.6 cm³/mol. The Labute approximate surface area is 116 Å². The number of aromatic nitrogens is 2. The number of anilines is 2. The Morgan fingerprint density at radius 3 is 2.94 bits per heavy atom. The normalized spacial score (nSPS) is 10.5. The molecule has 2 aromatic heterocycles. The maximum atomic E-state index is 5.70. The zero-order valence-electron chi connectivity index (χ0n) is 9.11. The first-order valence-corrected chi connectivity index (χ1v) is 7.72. The fourth-order valence-electron chi connectivity index (χ4n) is 1.25. The van der Waals surface area contributed by atoms with Gasteiger partial charge in [0.05, 0.1) is 6.54 Å². The Morgan fingerprint density at radius 2 is 2.29 bits per heavy atom. The van der Waals surface area contributed by atoms with Crippen molar-refractivity contribution >= 4 is 50.7 Å². The zero-order chi connectivity index (χ0) is 12.3. The van der Waals surface area contributed by atoms with Crippen LogP contribution in [0.25, 0.3) is 0 Å². The molecular weight excluding hydrogens is 320 g/mol. The van der Waals surface area contributed by atoms with E-state index in [1.54, 1.807) is 17.4 Å². The highest BCUT2D eigenvalue weighted by Gasteiger charge is 2.02. The maximum absolute atomic E-state index is 5.70. The SMILES string of the molecule is CSc1nc(N)cc(NCc2cc(Br)cs2)n1. The third kappa shape index (κ3) is 3.58. The van der Waals surface area contributed by atoms with Crippen LogP contribution in [0, 0.1) is 0 Å². The quantitative estimate of drug-likeness (QED) is 0.665. The fourth-order valence-corrected chi connectivity index (χ4v) is 3.03. The van der Waals surface area contributed by atoms with E-state index >= 15 is 0 Å². The molecule has 0 aromatic carbocycles. The van der Waals surface area contributed by atoms with Gasteiger partial charge in [-0.25, -0.2) is 9.97 Å². The molecule has 90 valence electrons. The number of nitrogen functional groups attached to an aromatic ring is 1. The highest BCUT2D eigenvalue weighted by Crippen LogP contribution is 2.21. The van der Waals surface area contributed by atoms with Gasteiger partial charge in [-0.3, -0.25) is 0 Å². The summed E-state index contributed by atoms with van der Waals surface area (Å²) in [6, 6.07) is 3.82. The van der Waals surface area contributed by atoms with Crippen LogP contribution in [-0.2, 0) is 6.54 Å². The Kier molecular flexibility index (Phi) is 4.25. The lowest BCUT2D eigenvalue weighted by atomic mass is 10.4. The monoisotopic (exact) mass is 330 g/mol. The second-order valence-electron chi connectivity index (χ2n) is 3.25. The van der Waals surface area contributed by atoms with Crippen LogP contribution >= 0.6 is 39.0 Å². The molecule has 0 aliphatic rings. The zero-order valence-corrected chi connectivity index (χ0v) is 12.3.